The molecule has 6 heteroatoms. The van der Waals surface area contributed by atoms with Crippen molar-refractivity contribution >= 4 is 5.91 Å². The molecule has 1 aliphatic heterocycles. The van der Waals surface area contributed by atoms with Gasteiger partial charge in [-0.05, 0) is 32.5 Å². The summed E-state index contributed by atoms with van der Waals surface area (Å²) in [5.41, 5.74) is 6.20. The molecule has 0 radical (unpaired) electrons. The van der Waals surface area contributed by atoms with Gasteiger partial charge in [-0.25, -0.2) is 4.98 Å². The van der Waals surface area contributed by atoms with Gasteiger partial charge in [0, 0.05) is 26.7 Å². The minimum Gasteiger partial charge on any atom is -0.336 e. The molecule has 0 spiro atoms. The first kappa shape index (κ1) is 14.0. The quantitative estimate of drug-likeness (QED) is 0.826. The van der Waals surface area contributed by atoms with Crippen LogP contribution < -0.4 is 5.73 Å². The van der Waals surface area contributed by atoms with Crippen molar-refractivity contribution in [1.29, 1.82) is 0 Å². The summed E-state index contributed by atoms with van der Waals surface area (Å²) in [6.45, 7) is 5.36. The third kappa shape index (κ3) is 3.54. The molecule has 1 aromatic heterocycles. The standard InChI is InChI=1S/C13H23N5O/c1-16-11-15-10-12(16)13(19)18-7-3-6-17(8-9-18)5-2-4-14/h10-11H,2-9,14H2,1H3. The summed E-state index contributed by atoms with van der Waals surface area (Å²) in [5, 5.41) is 0. The molecule has 1 saturated heterocycles. The second-order valence-electron chi connectivity index (χ2n) is 5.02. The third-order valence-corrected chi connectivity index (χ3v) is 3.59. The highest BCUT2D eigenvalue weighted by atomic mass is 16.2. The van der Waals surface area contributed by atoms with E-state index in [1.165, 1.54) is 0 Å². The second-order valence-corrected chi connectivity index (χ2v) is 5.02. The number of hydrogen-bond donors (Lipinski definition) is 1. The van der Waals surface area contributed by atoms with E-state index in [1.807, 2.05) is 11.9 Å². The van der Waals surface area contributed by atoms with Gasteiger partial charge < -0.3 is 20.1 Å². The molecule has 1 aliphatic rings. The van der Waals surface area contributed by atoms with Gasteiger partial charge in [-0.3, -0.25) is 4.79 Å². The van der Waals surface area contributed by atoms with Crippen molar-refractivity contribution in [3.05, 3.63) is 18.2 Å². The van der Waals surface area contributed by atoms with E-state index < -0.39 is 0 Å². The molecule has 19 heavy (non-hydrogen) atoms. The number of carbonyl (C=O) groups is 1. The summed E-state index contributed by atoms with van der Waals surface area (Å²) in [6.07, 6.45) is 5.35. The average Bonchev–Trinajstić information content (AvgIpc) is 2.71. The number of hydrogen-bond acceptors (Lipinski definition) is 4. The van der Waals surface area contributed by atoms with Gasteiger partial charge in [-0.1, -0.05) is 0 Å². The summed E-state index contributed by atoms with van der Waals surface area (Å²) in [7, 11) is 1.85. The van der Waals surface area contributed by atoms with E-state index in [9.17, 15) is 4.79 Å². The Morgan fingerprint density at radius 2 is 2.21 bits per heavy atom. The smallest absolute Gasteiger partial charge is 0.272 e. The predicted octanol–water partition coefficient (Wildman–Crippen LogP) is -0.0832. The van der Waals surface area contributed by atoms with Gasteiger partial charge in [0.25, 0.3) is 5.91 Å². The topological polar surface area (TPSA) is 67.4 Å². The number of nitrogens with zero attached hydrogens (tertiary/aromatic N) is 4. The number of nitrogens with two attached hydrogens (primary N) is 1. The van der Waals surface area contributed by atoms with Crippen molar-refractivity contribution < 1.29 is 4.79 Å². The molecular weight excluding hydrogens is 242 g/mol. The molecule has 0 bridgehead atoms. The molecular formula is C13H23N5O. The van der Waals surface area contributed by atoms with Gasteiger partial charge in [-0.15, -0.1) is 0 Å². The van der Waals surface area contributed by atoms with Crippen LogP contribution in [0.1, 0.15) is 23.3 Å². The van der Waals surface area contributed by atoms with Crippen molar-refractivity contribution in [2.45, 2.75) is 12.8 Å². The normalized spacial score (nSPS) is 17.5. The monoisotopic (exact) mass is 265 g/mol. The van der Waals surface area contributed by atoms with E-state index in [1.54, 1.807) is 17.1 Å². The summed E-state index contributed by atoms with van der Waals surface area (Å²) in [6, 6.07) is 0. The first-order valence-corrected chi connectivity index (χ1v) is 6.90. The first-order valence-electron chi connectivity index (χ1n) is 6.90. The zero-order valence-corrected chi connectivity index (χ0v) is 11.6. The minimum absolute atomic E-state index is 0.0840. The molecule has 2 heterocycles. The Bertz CT molecular complexity index is 417. The Hall–Kier alpha value is -1.40. The van der Waals surface area contributed by atoms with Crippen LogP contribution in [0.5, 0.6) is 0 Å². The van der Waals surface area contributed by atoms with Gasteiger partial charge in [0.2, 0.25) is 0 Å². The molecule has 0 saturated carbocycles. The molecule has 1 aromatic rings. The lowest BCUT2D eigenvalue weighted by Gasteiger charge is -2.21. The highest BCUT2D eigenvalue weighted by Gasteiger charge is 2.21. The molecule has 2 rings (SSSR count). The molecule has 2 N–H and O–H groups in total. The van der Waals surface area contributed by atoms with Gasteiger partial charge >= 0.3 is 0 Å². The van der Waals surface area contributed by atoms with E-state index in [4.69, 9.17) is 5.73 Å². The van der Waals surface area contributed by atoms with Crippen molar-refractivity contribution in [3.8, 4) is 0 Å². The Morgan fingerprint density at radius 3 is 2.89 bits per heavy atom. The molecule has 106 valence electrons. The maximum Gasteiger partial charge on any atom is 0.272 e. The van der Waals surface area contributed by atoms with Crippen LogP contribution in [-0.2, 0) is 7.05 Å². The van der Waals surface area contributed by atoms with Gasteiger partial charge in [0.1, 0.15) is 5.69 Å². The number of imidazole rings is 1. The van der Waals surface area contributed by atoms with E-state index in [0.717, 1.165) is 52.1 Å². The average molecular weight is 265 g/mol. The Kier molecular flexibility index (Phi) is 4.93. The zero-order chi connectivity index (χ0) is 13.7. The lowest BCUT2D eigenvalue weighted by molar-refractivity contribution is 0.0752. The Balaban J connectivity index is 1.92. The molecule has 0 atom stereocenters. The van der Waals surface area contributed by atoms with Crippen LogP contribution >= 0.6 is 0 Å². The predicted molar refractivity (Wildman–Crippen MR) is 73.8 cm³/mol. The van der Waals surface area contributed by atoms with Crippen LogP contribution in [-0.4, -0.2) is 64.5 Å². The third-order valence-electron chi connectivity index (χ3n) is 3.59. The van der Waals surface area contributed by atoms with E-state index >= 15 is 0 Å². The van der Waals surface area contributed by atoms with Crippen LogP contribution in [0, 0.1) is 0 Å². The van der Waals surface area contributed by atoms with Crippen LogP contribution in [0.2, 0.25) is 0 Å². The number of rotatable bonds is 4. The summed E-state index contributed by atoms with van der Waals surface area (Å²) >= 11 is 0. The van der Waals surface area contributed by atoms with Crippen molar-refractivity contribution in [2.24, 2.45) is 12.8 Å². The van der Waals surface area contributed by atoms with Crippen molar-refractivity contribution in [2.75, 3.05) is 39.3 Å². The van der Waals surface area contributed by atoms with Crippen LogP contribution in [0.15, 0.2) is 12.5 Å². The second kappa shape index (κ2) is 6.68. The highest BCUT2D eigenvalue weighted by molar-refractivity contribution is 5.92. The maximum absolute atomic E-state index is 12.4. The van der Waals surface area contributed by atoms with Gasteiger partial charge in [0.15, 0.2) is 0 Å². The molecule has 0 aliphatic carbocycles. The minimum atomic E-state index is 0.0840. The summed E-state index contributed by atoms with van der Waals surface area (Å²) in [5.74, 6) is 0.0840. The molecule has 1 fully saturated rings. The number of amides is 1. The Morgan fingerprint density at radius 1 is 1.37 bits per heavy atom. The fraction of sp³-hybridized carbons (Fsp3) is 0.692. The summed E-state index contributed by atoms with van der Waals surface area (Å²) in [4.78, 5) is 20.7. The number of aryl methyl sites for hydroxylation is 1. The maximum atomic E-state index is 12.4. The SMILES string of the molecule is Cn1cncc1C(=O)N1CCCN(CCCN)CC1. The fourth-order valence-corrected chi connectivity index (χ4v) is 2.44. The van der Waals surface area contributed by atoms with Crippen LogP contribution in [0.4, 0.5) is 0 Å². The lowest BCUT2D eigenvalue weighted by Crippen LogP contribution is -2.36. The largest absolute Gasteiger partial charge is 0.336 e. The molecule has 1 amide bonds. The zero-order valence-electron chi connectivity index (χ0n) is 11.6. The first-order chi connectivity index (χ1) is 9.22. The van der Waals surface area contributed by atoms with Crippen molar-refractivity contribution in [3.63, 3.8) is 0 Å². The summed E-state index contributed by atoms with van der Waals surface area (Å²) < 4.78 is 1.78. The molecule has 0 aromatic carbocycles. The Labute approximate surface area is 114 Å². The van der Waals surface area contributed by atoms with Crippen molar-refractivity contribution in [1.82, 2.24) is 19.4 Å². The molecule has 6 nitrogen and oxygen atoms in total. The highest BCUT2D eigenvalue weighted by Crippen LogP contribution is 2.08. The molecule has 0 unspecified atom stereocenters. The number of aromatic nitrogens is 2. The van der Waals surface area contributed by atoms with Gasteiger partial charge in [-0.2, -0.15) is 0 Å². The van der Waals surface area contributed by atoms with Crippen LogP contribution in [0.3, 0.4) is 0 Å². The van der Waals surface area contributed by atoms with E-state index in [2.05, 4.69) is 9.88 Å². The lowest BCUT2D eigenvalue weighted by atomic mass is 10.3. The van der Waals surface area contributed by atoms with Crippen LogP contribution in [0.25, 0.3) is 0 Å². The van der Waals surface area contributed by atoms with Gasteiger partial charge in [0.05, 0.1) is 12.5 Å². The number of carbonyl (C=O) groups excluding carboxylic acids is 1. The van der Waals surface area contributed by atoms with E-state index in [0.29, 0.717) is 5.69 Å². The van der Waals surface area contributed by atoms with E-state index in [-0.39, 0.29) is 5.91 Å². The fourth-order valence-electron chi connectivity index (χ4n) is 2.44.